The second-order valence-corrected chi connectivity index (χ2v) is 5.34. The van der Waals surface area contributed by atoms with Gasteiger partial charge in [-0.3, -0.25) is 0 Å². The molecule has 0 fully saturated rings. The smallest absolute Gasteiger partial charge is 0.338 e. The second kappa shape index (κ2) is 10.7. The molecular formula is C11H12Cl5NO4. The van der Waals surface area contributed by atoms with Crippen molar-refractivity contribution in [3.8, 4) is 0 Å². The van der Waals surface area contributed by atoms with Crippen LogP contribution in [0.1, 0.15) is 10.4 Å². The molecule has 0 heterocycles. The highest BCUT2D eigenvalue weighted by atomic mass is 35.5. The van der Waals surface area contributed by atoms with Gasteiger partial charge < -0.3 is 20.6 Å². The fourth-order valence-electron chi connectivity index (χ4n) is 1.08. The number of hydrogen-bond donors (Lipinski definition) is 4. The van der Waals surface area contributed by atoms with Crippen molar-refractivity contribution in [3.63, 3.8) is 0 Å². The highest BCUT2D eigenvalue weighted by molar-refractivity contribution is 6.56. The Balaban J connectivity index is 0.000000486. The van der Waals surface area contributed by atoms with Crippen LogP contribution < -0.4 is 5.32 Å². The lowest BCUT2D eigenvalue weighted by atomic mass is 10.2. The van der Waals surface area contributed by atoms with E-state index in [4.69, 9.17) is 73.3 Å². The molecule has 1 aromatic rings. The summed E-state index contributed by atoms with van der Waals surface area (Å²) in [5.74, 6) is -1.32. The number of halogens is 5. The number of hydrogen-bond acceptors (Lipinski definition) is 4. The van der Waals surface area contributed by atoms with Crippen molar-refractivity contribution in [2.75, 3.05) is 26.3 Å². The SMILES string of the molecule is O=C(O)c1c(Cl)c(Cl)c(Cl)c(Cl)c1Cl.OCCNCCO. The van der Waals surface area contributed by atoms with Crippen molar-refractivity contribution < 1.29 is 20.1 Å². The van der Waals surface area contributed by atoms with E-state index < -0.39 is 5.97 Å². The third kappa shape index (κ3) is 6.34. The van der Waals surface area contributed by atoms with E-state index in [0.29, 0.717) is 13.1 Å². The third-order valence-electron chi connectivity index (χ3n) is 2.00. The van der Waals surface area contributed by atoms with Gasteiger partial charge in [-0.25, -0.2) is 4.79 Å². The fraction of sp³-hybridized carbons (Fsp3) is 0.364. The van der Waals surface area contributed by atoms with Gasteiger partial charge in [-0.15, -0.1) is 0 Å². The van der Waals surface area contributed by atoms with E-state index in [2.05, 4.69) is 5.32 Å². The summed E-state index contributed by atoms with van der Waals surface area (Å²) in [6.07, 6.45) is 0. The van der Waals surface area contributed by atoms with Gasteiger partial charge in [-0.2, -0.15) is 0 Å². The molecule has 0 amide bonds. The van der Waals surface area contributed by atoms with E-state index in [9.17, 15) is 4.79 Å². The molecular weight excluding hydrogens is 387 g/mol. The van der Waals surface area contributed by atoms with Gasteiger partial charge in [0.25, 0.3) is 0 Å². The monoisotopic (exact) mass is 397 g/mol. The Labute approximate surface area is 146 Å². The summed E-state index contributed by atoms with van der Waals surface area (Å²) in [6, 6.07) is 0. The summed E-state index contributed by atoms with van der Waals surface area (Å²) >= 11 is 28.2. The first-order valence-electron chi connectivity index (χ1n) is 5.46. The Hall–Kier alpha value is 0.0200. The lowest BCUT2D eigenvalue weighted by Crippen LogP contribution is -2.21. The number of carboxylic acid groups (broad SMARTS) is 1. The molecule has 120 valence electrons. The largest absolute Gasteiger partial charge is 0.478 e. The van der Waals surface area contributed by atoms with Crippen LogP contribution in [0.15, 0.2) is 0 Å². The van der Waals surface area contributed by atoms with Crippen LogP contribution in [0.2, 0.25) is 25.1 Å². The molecule has 1 rings (SSSR count). The van der Waals surface area contributed by atoms with Crippen LogP contribution in [0, 0.1) is 0 Å². The fourth-order valence-corrected chi connectivity index (χ4v) is 2.38. The highest BCUT2D eigenvalue weighted by Gasteiger charge is 2.23. The minimum atomic E-state index is -1.32. The quantitative estimate of drug-likeness (QED) is 0.347. The molecule has 0 radical (unpaired) electrons. The van der Waals surface area contributed by atoms with Crippen LogP contribution in [-0.4, -0.2) is 47.6 Å². The summed E-state index contributed by atoms with van der Waals surface area (Å²) < 4.78 is 0. The topological polar surface area (TPSA) is 89.8 Å². The molecule has 0 saturated carbocycles. The minimum Gasteiger partial charge on any atom is -0.478 e. The van der Waals surface area contributed by atoms with Crippen LogP contribution in [0.5, 0.6) is 0 Å². The van der Waals surface area contributed by atoms with Crippen LogP contribution in [0.4, 0.5) is 0 Å². The zero-order valence-electron chi connectivity index (χ0n) is 10.5. The Kier molecular flexibility index (Phi) is 10.7. The Bertz CT molecular complexity index is 465. The average Bonchev–Trinajstić information content (AvgIpc) is 2.44. The number of aliphatic hydroxyl groups excluding tert-OH is 2. The molecule has 0 aliphatic heterocycles. The Morgan fingerprint density at radius 2 is 1.14 bits per heavy atom. The van der Waals surface area contributed by atoms with Crippen molar-refractivity contribution in [1.29, 1.82) is 0 Å². The van der Waals surface area contributed by atoms with Crippen molar-refractivity contribution in [2.24, 2.45) is 0 Å². The number of rotatable bonds is 5. The number of aromatic carboxylic acids is 1. The first-order chi connectivity index (χ1) is 9.79. The number of benzene rings is 1. The van der Waals surface area contributed by atoms with E-state index in [0.717, 1.165) is 0 Å². The molecule has 0 bridgehead atoms. The van der Waals surface area contributed by atoms with Gasteiger partial charge in [-0.05, 0) is 0 Å². The second-order valence-electron chi connectivity index (χ2n) is 3.45. The van der Waals surface area contributed by atoms with Gasteiger partial charge in [0.05, 0.1) is 43.9 Å². The average molecular weight is 399 g/mol. The van der Waals surface area contributed by atoms with Crippen LogP contribution in [-0.2, 0) is 0 Å². The van der Waals surface area contributed by atoms with Gasteiger partial charge >= 0.3 is 5.97 Å². The maximum absolute atomic E-state index is 10.7. The predicted molar refractivity (Wildman–Crippen MR) is 85.5 cm³/mol. The molecule has 21 heavy (non-hydrogen) atoms. The Morgan fingerprint density at radius 1 is 0.810 bits per heavy atom. The van der Waals surface area contributed by atoms with Crippen molar-refractivity contribution in [2.45, 2.75) is 0 Å². The van der Waals surface area contributed by atoms with Gasteiger partial charge in [0, 0.05) is 13.1 Å². The summed E-state index contributed by atoms with van der Waals surface area (Å²) in [5, 5.41) is 27.1. The third-order valence-corrected chi connectivity index (χ3v) is 4.28. The lowest BCUT2D eigenvalue weighted by molar-refractivity contribution is 0.0697. The molecule has 0 saturated heterocycles. The van der Waals surface area contributed by atoms with Crippen molar-refractivity contribution in [1.82, 2.24) is 5.32 Å². The van der Waals surface area contributed by atoms with Gasteiger partial charge in [0.1, 0.15) is 0 Å². The predicted octanol–water partition coefficient (Wildman–Crippen LogP) is 3.21. The lowest BCUT2D eigenvalue weighted by Gasteiger charge is -2.08. The normalized spacial score (nSPS) is 10.0. The first-order valence-corrected chi connectivity index (χ1v) is 7.35. The molecule has 0 aliphatic carbocycles. The molecule has 5 nitrogen and oxygen atoms in total. The summed E-state index contributed by atoms with van der Waals surface area (Å²) in [7, 11) is 0. The molecule has 10 heteroatoms. The van der Waals surface area contributed by atoms with Gasteiger partial charge in [-0.1, -0.05) is 58.0 Å². The summed E-state index contributed by atoms with van der Waals surface area (Å²) in [5.41, 5.74) is -0.354. The van der Waals surface area contributed by atoms with Gasteiger partial charge in [0.15, 0.2) is 0 Å². The molecule has 0 aliphatic rings. The minimum absolute atomic E-state index is 0.0617. The zero-order valence-corrected chi connectivity index (χ0v) is 14.2. The summed E-state index contributed by atoms with van der Waals surface area (Å²) in [6.45, 7) is 1.42. The van der Waals surface area contributed by atoms with Gasteiger partial charge in [0.2, 0.25) is 0 Å². The zero-order chi connectivity index (χ0) is 16.6. The van der Waals surface area contributed by atoms with Crippen LogP contribution >= 0.6 is 58.0 Å². The van der Waals surface area contributed by atoms with E-state index in [1.54, 1.807) is 0 Å². The molecule has 0 unspecified atom stereocenters. The van der Waals surface area contributed by atoms with Crippen LogP contribution in [0.25, 0.3) is 0 Å². The maximum Gasteiger partial charge on any atom is 0.338 e. The van der Waals surface area contributed by atoms with E-state index >= 15 is 0 Å². The summed E-state index contributed by atoms with van der Waals surface area (Å²) in [4.78, 5) is 10.7. The molecule has 4 N–H and O–H groups in total. The van der Waals surface area contributed by atoms with Crippen molar-refractivity contribution >= 4 is 64.0 Å². The number of carboxylic acids is 1. The van der Waals surface area contributed by atoms with Crippen LogP contribution in [0.3, 0.4) is 0 Å². The standard InChI is InChI=1S/C7HCl5O2.C4H11NO2/c8-2-1(7(13)14)3(9)5(11)6(12)4(2)10;6-3-1-5-2-4-7/h(H,13,14);5-7H,1-4H2. The molecule has 0 spiro atoms. The number of carbonyl (C=O) groups is 1. The van der Waals surface area contributed by atoms with E-state index in [1.807, 2.05) is 0 Å². The number of nitrogens with one attached hydrogen (secondary N) is 1. The van der Waals surface area contributed by atoms with E-state index in [-0.39, 0.29) is 43.9 Å². The Morgan fingerprint density at radius 3 is 1.43 bits per heavy atom. The molecule has 0 atom stereocenters. The van der Waals surface area contributed by atoms with Crippen molar-refractivity contribution in [3.05, 3.63) is 30.7 Å². The number of aliphatic hydroxyl groups is 2. The highest BCUT2D eigenvalue weighted by Crippen LogP contribution is 2.43. The molecule has 1 aromatic carbocycles. The molecule has 0 aromatic heterocycles. The first kappa shape index (κ1) is 21.0. The van der Waals surface area contributed by atoms with E-state index in [1.165, 1.54) is 0 Å². The maximum atomic E-state index is 10.7.